The van der Waals surface area contributed by atoms with Gasteiger partial charge in [-0.25, -0.2) is 0 Å². The van der Waals surface area contributed by atoms with Crippen LogP contribution in [0.3, 0.4) is 0 Å². The maximum absolute atomic E-state index is 6.11. The van der Waals surface area contributed by atoms with Crippen LogP contribution in [0.2, 0.25) is 0 Å². The fourth-order valence-corrected chi connectivity index (χ4v) is 6.31. The summed E-state index contributed by atoms with van der Waals surface area (Å²) in [5.74, 6) is 1.70. The molecule has 0 radical (unpaired) electrons. The third kappa shape index (κ3) is 2.90. The number of halogens is 1. The van der Waals surface area contributed by atoms with E-state index >= 15 is 0 Å². The molecule has 6 heteroatoms. The van der Waals surface area contributed by atoms with Crippen molar-refractivity contribution in [2.24, 2.45) is 16.3 Å². The Morgan fingerprint density at radius 3 is 2.68 bits per heavy atom. The van der Waals surface area contributed by atoms with Crippen LogP contribution in [0, 0.1) is 11.3 Å². The maximum Gasteiger partial charge on any atom is 0.191 e. The minimum absolute atomic E-state index is 0. The highest BCUT2D eigenvalue weighted by Gasteiger charge is 2.65. The minimum Gasteiger partial charge on any atom is -0.377 e. The summed E-state index contributed by atoms with van der Waals surface area (Å²) in [6.07, 6.45) is 11.5. The summed E-state index contributed by atoms with van der Waals surface area (Å²) in [6.45, 7) is 3.89. The number of rotatable bonds is 3. The van der Waals surface area contributed by atoms with Crippen molar-refractivity contribution in [1.29, 1.82) is 0 Å². The van der Waals surface area contributed by atoms with Gasteiger partial charge < -0.3 is 20.1 Å². The van der Waals surface area contributed by atoms with Crippen molar-refractivity contribution < 1.29 is 9.47 Å². The number of aliphatic imine (C=N–C) groups is 1. The van der Waals surface area contributed by atoms with Gasteiger partial charge in [-0.2, -0.15) is 0 Å². The van der Waals surface area contributed by atoms with Crippen molar-refractivity contribution in [3.63, 3.8) is 0 Å². The van der Waals surface area contributed by atoms with E-state index in [1.54, 1.807) is 0 Å². The highest BCUT2D eigenvalue weighted by atomic mass is 127. The Morgan fingerprint density at radius 1 is 1.16 bits per heavy atom. The third-order valence-corrected chi connectivity index (χ3v) is 7.32. The molecule has 3 saturated heterocycles. The molecule has 3 heterocycles. The van der Waals surface area contributed by atoms with Crippen LogP contribution in [0.4, 0.5) is 0 Å². The molecule has 142 valence electrons. The molecule has 0 aromatic carbocycles. The zero-order valence-electron chi connectivity index (χ0n) is 15.2. The van der Waals surface area contributed by atoms with Gasteiger partial charge in [0.05, 0.1) is 24.4 Å². The molecule has 6 unspecified atom stereocenters. The SMILES string of the molecule is CCN=C(NC1CC2CCC1O2)NC1C2CCOC2C12CCCC2.I. The van der Waals surface area contributed by atoms with Gasteiger partial charge in [-0.15, -0.1) is 24.0 Å². The predicted octanol–water partition coefficient (Wildman–Crippen LogP) is 2.83. The molecular formula is C19H32IN3O2. The third-order valence-electron chi connectivity index (χ3n) is 7.32. The Hall–Kier alpha value is -0.0800. The van der Waals surface area contributed by atoms with Crippen molar-refractivity contribution in [2.45, 2.75) is 88.7 Å². The second-order valence-corrected chi connectivity index (χ2v) is 8.49. The van der Waals surface area contributed by atoms with Crippen LogP contribution in [-0.2, 0) is 9.47 Å². The van der Waals surface area contributed by atoms with Gasteiger partial charge >= 0.3 is 0 Å². The lowest BCUT2D eigenvalue weighted by Crippen LogP contribution is -2.69. The van der Waals surface area contributed by atoms with Crippen molar-refractivity contribution in [3.8, 4) is 0 Å². The summed E-state index contributed by atoms with van der Waals surface area (Å²) in [5, 5.41) is 7.56. The molecule has 0 aromatic rings. The van der Waals surface area contributed by atoms with Crippen LogP contribution in [0.5, 0.6) is 0 Å². The monoisotopic (exact) mass is 461 g/mol. The number of hydrogen-bond donors (Lipinski definition) is 2. The molecule has 5 rings (SSSR count). The van der Waals surface area contributed by atoms with E-state index < -0.39 is 0 Å². The van der Waals surface area contributed by atoms with Gasteiger partial charge in [-0.05, 0) is 45.4 Å². The van der Waals surface area contributed by atoms with Crippen LogP contribution in [0.15, 0.2) is 4.99 Å². The molecule has 5 aliphatic rings. The smallest absolute Gasteiger partial charge is 0.191 e. The summed E-state index contributed by atoms with van der Waals surface area (Å²) in [7, 11) is 0. The average molecular weight is 461 g/mol. The number of nitrogens with one attached hydrogen (secondary N) is 2. The molecular weight excluding hydrogens is 429 g/mol. The lowest BCUT2D eigenvalue weighted by molar-refractivity contribution is -0.125. The van der Waals surface area contributed by atoms with E-state index in [0.717, 1.165) is 25.5 Å². The van der Waals surface area contributed by atoms with Gasteiger partial charge in [0, 0.05) is 30.5 Å². The first-order valence-electron chi connectivity index (χ1n) is 10.1. The van der Waals surface area contributed by atoms with Gasteiger partial charge in [-0.1, -0.05) is 12.8 Å². The summed E-state index contributed by atoms with van der Waals surface area (Å²) >= 11 is 0. The van der Waals surface area contributed by atoms with Gasteiger partial charge in [0.15, 0.2) is 5.96 Å². The molecule has 2 N–H and O–H groups in total. The zero-order chi connectivity index (χ0) is 16.1. The molecule has 2 aliphatic carbocycles. The number of guanidine groups is 1. The molecule has 2 saturated carbocycles. The van der Waals surface area contributed by atoms with E-state index in [-0.39, 0.29) is 24.0 Å². The van der Waals surface area contributed by atoms with Gasteiger partial charge in [-0.3, -0.25) is 4.99 Å². The normalized spacial score (nSPS) is 43.6. The summed E-state index contributed by atoms with van der Waals surface area (Å²) in [5.41, 5.74) is 0.378. The van der Waals surface area contributed by atoms with Crippen LogP contribution in [0.1, 0.15) is 58.3 Å². The fraction of sp³-hybridized carbons (Fsp3) is 0.947. The van der Waals surface area contributed by atoms with Crippen molar-refractivity contribution >= 4 is 29.9 Å². The lowest BCUT2D eigenvalue weighted by atomic mass is 9.54. The standard InChI is InChI=1S/C19H31N3O2.HI/c1-2-20-18(21-14-11-12-5-6-15(14)24-12)22-16-13-7-10-23-17(13)19(16)8-3-4-9-19;/h12-17H,2-11H2,1H3,(H2,20,21,22);1H. The Bertz CT molecular complexity index is 523. The Morgan fingerprint density at radius 2 is 2.00 bits per heavy atom. The van der Waals surface area contributed by atoms with E-state index in [4.69, 9.17) is 14.5 Å². The van der Waals surface area contributed by atoms with E-state index in [1.165, 1.54) is 44.9 Å². The fourth-order valence-electron chi connectivity index (χ4n) is 6.31. The molecule has 6 atom stereocenters. The molecule has 0 aromatic heterocycles. The minimum atomic E-state index is 0. The van der Waals surface area contributed by atoms with E-state index in [1.807, 2.05) is 0 Å². The molecule has 2 bridgehead atoms. The first-order chi connectivity index (χ1) is 11.8. The van der Waals surface area contributed by atoms with Crippen LogP contribution in [-0.4, -0.2) is 49.5 Å². The van der Waals surface area contributed by atoms with E-state index in [0.29, 0.717) is 41.7 Å². The maximum atomic E-state index is 6.11. The molecule has 5 nitrogen and oxygen atoms in total. The van der Waals surface area contributed by atoms with Gasteiger partial charge in [0.2, 0.25) is 0 Å². The average Bonchev–Trinajstić information content (AvgIpc) is 3.34. The summed E-state index contributed by atoms with van der Waals surface area (Å²) in [6, 6.07) is 0.988. The first-order valence-corrected chi connectivity index (χ1v) is 10.1. The van der Waals surface area contributed by atoms with Crippen molar-refractivity contribution in [2.75, 3.05) is 13.2 Å². The second kappa shape index (κ2) is 7.15. The quantitative estimate of drug-likeness (QED) is 0.386. The largest absolute Gasteiger partial charge is 0.377 e. The molecule has 0 amide bonds. The Balaban J connectivity index is 0.00000157. The molecule has 5 fully saturated rings. The molecule has 25 heavy (non-hydrogen) atoms. The zero-order valence-corrected chi connectivity index (χ0v) is 17.5. The summed E-state index contributed by atoms with van der Waals surface area (Å²) < 4.78 is 12.1. The first kappa shape index (κ1) is 18.3. The van der Waals surface area contributed by atoms with Gasteiger partial charge in [0.1, 0.15) is 0 Å². The number of hydrogen-bond acceptors (Lipinski definition) is 3. The highest BCUT2D eigenvalue weighted by Crippen LogP contribution is 2.60. The topological polar surface area (TPSA) is 54.9 Å². The van der Waals surface area contributed by atoms with Crippen molar-refractivity contribution in [3.05, 3.63) is 0 Å². The lowest BCUT2D eigenvalue weighted by Gasteiger charge is -2.57. The van der Waals surface area contributed by atoms with E-state index in [2.05, 4.69) is 17.6 Å². The predicted molar refractivity (Wildman–Crippen MR) is 108 cm³/mol. The molecule has 1 spiro atoms. The summed E-state index contributed by atoms with van der Waals surface area (Å²) in [4.78, 5) is 4.76. The number of nitrogens with zero attached hydrogens (tertiary/aromatic N) is 1. The second-order valence-electron chi connectivity index (χ2n) is 8.49. The number of ether oxygens (including phenoxy) is 2. The Labute approximate surface area is 168 Å². The highest BCUT2D eigenvalue weighted by molar-refractivity contribution is 14.0. The Kier molecular flexibility index (Phi) is 5.23. The van der Waals surface area contributed by atoms with E-state index in [9.17, 15) is 0 Å². The number of fused-ring (bicyclic) bond motifs is 4. The van der Waals surface area contributed by atoms with Crippen LogP contribution in [0.25, 0.3) is 0 Å². The van der Waals surface area contributed by atoms with Crippen LogP contribution >= 0.6 is 24.0 Å². The molecule has 3 aliphatic heterocycles. The van der Waals surface area contributed by atoms with Gasteiger partial charge in [0.25, 0.3) is 0 Å². The van der Waals surface area contributed by atoms with Crippen molar-refractivity contribution in [1.82, 2.24) is 10.6 Å². The van der Waals surface area contributed by atoms with Crippen LogP contribution < -0.4 is 10.6 Å².